The van der Waals surface area contributed by atoms with Gasteiger partial charge in [0.1, 0.15) is 0 Å². The highest BCUT2D eigenvalue weighted by molar-refractivity contribution is 6.31. The van der Waals surface area contributed by atoms with Crippen LogP contribution in [-0.2, 0) is 6.54 Å². The average Bonchev–Trinajstić information content (AvgIpc) is 2.77. The van der Waals surface area contributed by atoms with Crippen LogP contribution in [-0.4, -0.2) is 11.0 Å². The lowest BCUT2D eigenvalue weighted by molar-refractivity contribution is -0.384. The summed E-state index contributed by atoms with van der Waals surface area (Å²) in [4.78, 5) is 10.3. The lowest BCUT2D eigenvalue weighted by Crippen LogP contribution is -2.32. The fourth-order valence-corrected chi connectivity index (χ4v) is 3.39. The van der Waals surface area contributed by atoms with Gasteiger partial charge in [-0.1, -0.05) is 31.9 Å². The molecule has 0 amide bonds. The van der Waals surface area contributed by atoms with Gasteiger partial charge in [-0.15, -0.1) is 0 Å². The van der Waals surface area contributed by atoms with E-state index in [0.29, 0.717) is 23.5 Å². The Labute approximate surface area is 124 Å². The van der Waals surface area contributed by atoms with Crippen LogP contribution >= 0.6 is 11.6 Å². The summed E-state index contributed by atoms with van der Waals surface area (Å²) in [6, 6.07) is 5.19. The molecule has 1 fully saturated rings. The van der Waals surface area contributed by atoms with Crippen molar-refractivity contribution < 1.29 is 4.92 Å². The monoisotopic (exact) mass is 296 g/mol. The zero-order valence-corrected chi connectivity index (χ0v) is 12.7. The van der Waals surface area contributed by atoms with Crippen LogP contribution in [0.5, 0.6) is 0 Å². The molecule has 20 heavy (non-hydrogen) atoms. The van der Waals surface area contributed by atoms with E-state index in [9.17, 15) is 10.1 Å². The summed E-state index contributed by atoms with van der Waals surface area (Å²) in [6.45, 7) is 5.22. The van der Waals surface area contributed by atoms with Gasteiger partial charge >= 0.3 is 0 Å². The Morgan fingerprint density at radius 2 is 2.20 bits per heavy atom. The van der Waals surface area contributed by atoms with Crippen LogP contribution in [0, 0.1) is 22.0 Å². The molecule has 0 aromatic heterocycles. The maximum Gasteiger partial charge on any atom is 0.270 e. The maximum atomic E-state index is 10.7. The molecular weight excluding hydrogens is 276 g/mol. The molecule has 0 bridgehead atoms. The first-order valence-corrected chi connectivity index (χ1v) is 7.57. The Morgan fingerprint density at radius 3 is 2.75 bits per heavy atom. The van der Waals surface area contributed by atoms with E-state index in [1.165, 1.54) is 31.4 Å². The molecule has 1 aromatic rings. The fourth-order valence-electron chi connectivity index (χ4n) is 3.15. The topological polar surface area (TPSA) is 55.2 Å². The Kier molecular flexibility index (Phi) is 5.00. The molecule has 1 saturated carbocycles. The number of rotatable bonds is 5. The van der Waals surface area contributed by atoms with Crippen molar-refractivity contribution in [1.29, 1.82) is 0 Å². The minimum absolute atomic E-state index is 0.0408. The fraction of sp³-hybridized carbons (Fsp3) is 0.600. The molecule has 2 rings (SSSR count). The minimum atomic E-state index is -0.423. The van der Waals surface area contributed by atoms with Crippen molar-refractivity contribution in [1.82, 2.24) is 5.32 Å². The van der Waals surface area contributed by atoms with Crippen LogP contribution < -0.4 is 5.32 Å². The van der Waals surface area contributed by atoms with Gasteiger partial charge in [0, 0.05) is 24.7 Å². The highest BCUT2D eigenvalue weighted by atomic mass is 35.5. The van der Waals surface area contributed by atoms with E-state index in [2.05, 4.69) is 19.2 Å². The molecular formula is C15H21ClN2O2. The van der Waals surface area contributed by atoms with E-state index < -0.39 is 4.92 Å². The number of benzene rings is 1. The number of nitrogens with one attached hydrogen (secondary N) is 1. The number of nitro benzene ring substituents is 1. The first-order valence-electron chi connectivity index (χ1n) is 7.19. The molecule has 0 spiro atoms. The van der Waals surface area contributed by atoms with Crippen molar-refractivity contribution in [2.75, 3.05) is 0 Å². The molecule has 0 aliphatic heterocycles. The molecule has 0 heterocycles. The molecule has 4 nitrogen and oxygen atoms in total. The Bertz CT molecular complexity index is 493. The van der Waals surface area contributed by atoms with Crippen molar-refractivity contribution in [3.05, 3.63) is 38.9 Å². The van der Waals surface area contributed by atoms with Gasteiger partial charge in [0.25, 0.3) is 5.69 Å². The van der Waals surface area contributed by atoms with Crippen molar-refractivity contribution in [2.24, 2.45) is 11.8 Å². The SMILES string of the molecule is CCC1CCC(NCc2ccc([N+](=O)[O-])cc2Cl)C1C. The second-order valence-corrected chi connectivity index (χ2v) is 6.03. The van der Waals surface area contributed by atoms with Crippen molar-refractivity contribution in [3.8, 4) is 0 Å². The van der Waals surface area contributed by atoms with Gasteiger partial charge in [0.15, 0.2) is 0 Å². The Morgan fingerprint density at radius 1 is 1.45 bits per heavy atom. The standard InChI is InChI=1S/C15H21ClN2O2/c1-3-11-5-7-15(10(11)2)17-9-12-4-6-13(18(19)20)8-14(12)16/h4,6,8,10-11,15,17H,3,5,7,9H2,1-2H3. The smallest absolute Gasteiger partial charge is 0.270 e. The van der Waals surface area contributed by atoms with Crippen molar-refractivity contribution in [2.45, 2.75) is 45.7 Å². The van der Waals surface area contributed by atoms with E-state index >= 15 is 0 Å². The van der Waals surface area contributed by atoms with Crippen LogP contribution in [0.1, 0.15) is 38.7 Å². The predicted octanol–water partition coefficient (Wildman–Crippen LogP) is 4.16. The molecule has 1 aliphatic carbocycles. The van der Waals surface area contributed by atoms with E-state index in [0.717, 1.165) is 11.5 Å². The van der Waals surface area contributed by atoms with Gasteiger partial charge in [-0.2, -0.15) is 0 Å². The van der Waals surface area contributed by atoms with Crippen LogP contribution in [0.25, 0.3) is 0 Å². The number of halogens is 1. The summed E-state index contributed by atoms with van der Waals surface area (Å²) in [5.74, 6) is 1.48. The summed E-state index contributed by atoms with van der Waals surface area (Å²) in [5.41, 5.74) is 0.962. The molecule has 1 N–H and O–H groups in total. The lowest BCUT2D eigenvalue weighted by Gasteiger charge is -2.21. The van der Waals surface area contributed by atoms with Gasteiger partial charge in [-0.25, -0.2) is 0 Å². The third kappa shape index (κ3) is 3.30. The van der Waals surface area contributed by atoms with Gasteiger partial charge < -0.3 is 5.32 Å². The quantitative estimate of drug-likeness (QED) is 0.655. The van der Waals surface area contributed by atoms with Crippen LogP contribution in [0.4, 0.5) is 5.69 Å². The molecule has 0 saturated heterocycles. The predicted molar refractivity (Wildman–Crippen MR) is 80.9 cm³/mol. The number of nitrogens with zero attached hydrogens (tertiary/aromatic N) is 1. The lowest BCUT2D eigenvalue weighted by atomic mass is 9.93. The molecule has 3 unspecified atom stereocenters. The van der Waals surface area contributed by atoms with Gasteiger partial charge in [-0.3, -0.25) is 10.1 Å². The summed E-state index contributed by atoms with van der Waals surface area (Å²) < 4.78 is 0. The number of nitro groups is 1. The van der Waals surface area contributed by atoms with E-state index in [-0.39, 0.29) is 5.69 Å². The Hall–Kier alpha value is -1.13. The number of hydrogen-bond donors (Lipinski definition) is 1. The summed E-state index contributed by atoms with van der Waals surface area (Å²) in [6.07, 6.45) is 3.71. The van der Waals surface area contributed by atoms with Crippen LogP contribution in [0.15, 0.2) is 18.2 Å². The minimum Gasteiger partial charge on any atom is -0.310 e. The van der Waals surface area contributed by atoms with Gasteiger partial charge in [0.2, 0.25) is 0 Å². The second kappa shape index (κ2) is 6.55. The first kappa shape index (κ1) is 15.3. The van der Waals surface area contributed by atoms with E-state index in [1.54, 1.807) is 6.07 Å². The molecule has 110 valence electrons. The molecule has 0 radical (unpaired) electrons. The third-order valence-corrected chi connectivity index (χ3v) is 4.91. The first-order chi connectivity index (χ1) is 9.52. The normalized spacial score (nSPS) is 25.9. The maximum absolute atomic E-state index is 10.7. The van der Waals surface area contributed by atoms with Gasteiger partial charge in [-0.05, 0) is 36.3 Å². The molecule has 1 aliphatic rings. The third-order valence-electron chi connectivity index (χ3n) is 4.55. The summed E-state index contributed by atoms with van der Waals surface area (Å²) in [5, 5.41) is 14.7. The molecule has 5 heteroatoms. The van der Waals surface area contributed by atoms with Gasteiger partial charge in [0.05, 0.1) is 9.95 Å². The second-order valence-electron chi connectivity index (χ2n) is 5.63. The van der Waals surface area contributed by atoms with E-state index in [1.807, 2.05) is 0 Å². The summed E-state index contributed by atoms with van der Waals surface area (Å²) >= 11 is 6.11. The highest BCUT2D eigenvalue weighted by Gasteiger charge is 2.31. The number of hydrogen-bond acceptors (Lipinski definition) is 3. The van der Waals surface area contributed by atoms with Crippen LogP contribution in [0.2, 0.25) is 5.02 Å². The number of non-ortho nitro benzene ring substituents is 1. The largest absolute Gasteiger partial charge is 0.310 e. The Balaban J connectivity index is 1.96. The average molecular weight is 297 g/mol. The zero-order chi connectivity index (χ0) is 14.7. The van der Waals surface area contributed by atoms with Crippen molar-refractivity contribution >= 4 is 17.3 Å². The zero-order valence-electron chi connectivity index (χ0n) is 11.9. The van der Waals surface area contributed by atoms with Crippen LogP contribution in [0.3, 0.4) is 0 Å². The van der Waals surface area contributed by atoms with Crippen molar-refractivity contribution in [3.63, 3.8) is 0 Å². The van der Waals surface area contributed by atoms with E-state index in [4.69, 9.17) is 11.6 Å². The highest BCUT2D eigenvalue weighted by Crippen LogP contribution is 2.34. The summed E-state index contributed by atoms with van der Waals surface area (Å²) in [7, 11) is 0. The molecule has 3 atom stereocenters. The molecule has 1 aromatic carbocycles.